The summed E-state index contributed by atoms with van der Waals surface area (Å²) >= 11 is 0. The summed E-state index contributed by atoms with van der Waals surface area (Å²) in [6.45, 7) is 0.197. The second kappa shape index (κ2) is 7.03. The molecule has 0 atom stereocenters. The van der Waals surface area contributed by atoms with Crippen molar-refractivity contribution in [1.82, 2.24) is 19.5 Å². The van der Waals surface area contributed by atoms with Gasteiger partial charge in [-0.15, -0.1) is 0 Å². The fourth-order valence-corrected chi connectivity index (χ4v) is 3.17. The fourth-order valence-electron chi connectivity index (χ4n) is 3.17. The molecule has 0 aromatic carbocycles. The van der Waals surface area contributed by atoms with Gasteiger partial charge in [0.2, 0.25) is 6.79 Å². The Morgan fingerprint density at radius 1 is 1.00 bits per heavy atom. The average molecular weight is 372 g/mol. The zero-order valence-electron chi connectivity index (χ0n) is 14.9. The van der Waals surface area contributed by atoms with Gasteiger partial charge in [-0.1, -0.05) is 6.07 Å². The van der Waals surface area contributed by atoms with Crippen molar-refractivity contribution >= 4 is 16.8 Å². The van der Waals surface area contributed by atoms with Gasteiger partial charge in [-0.05, 0) is 36.8 Å². The van der Waals surface area contributed by atoms with Crippen LogP contribution in [-0.2, 0) is 15.9 Å². The standard InChI is InChI=1S/C21H16N4O3/c1-2-8-22-12-15-4-5-17-20(28-14-27-17)19(15)25-9-6-18-23-13-16(21(25)24-18)7-11-26-10-3-1/h1-3,5-13H,4,14H2. The second-order valence-electron chi connectivity index (χ2n) is 6.15. The van der Waals surface area contributed by atoms with Gasteiger partial charge in [0, 0.05) is 35.7 Å². The van der Waals surface area contributed by atoms with Crippen molar-refractivity contribution in [2.75, 3.05) is 6.79 Å². The molecule has 0 saturated carbocycles. The number of fused-ring (bicyclic) bond motifs is 4. The van der Waals surface area contributed by atoms with Crippen LogP contribution >= 0.6 is 0 Å². The molecule has 4 heterocycles. The fraction of sp³-hybridized carbons (Fsp3) is 0.0952. The summed E-state index contributed by atoms with van der Waals surface area (Å²) in [7, 11) is 0. The molecular formula is C21H16N4O3. The Morgan fingerprint density at radius 3 is 3.00 bits per heavy atom. The number of hydrogen-bond donors (Lipinski definition) is 0. The lowest BCUT2D eigenvalue weighted by Gasteiger charge is -2.15. The molecule has 4 aliphatic rings. The number of hydrogen-bond acceptors (Lipinski definition) is 6. The minimum absolute atomic E-state index is 0.197. The number of ether oxygens (including phenoxy) is 2. The Bertz CT molecular complexity index is 1240. The SMILES string of the molecule is C1=C2OCOC2=c2c(cncccccoccc3cnc4ccn2-c3n4)C1. The van der Waals surface area contributed by atoms with Crippen molar-refractivity contribution in [1.29, 1.82) is 0 Å². The third kappa shape index (κ3) is 2.92. The summed E-state index contributed by atoms with van der Waals surface area (Å²) in [5.74, 6) is 2.16. The number of aromatic nitrogens is 4. The Labute approximate surface area is 160 Å². The van der Waals surface area contributed by atoms with Crippen LogP contribution in [0.2, 0.25) is 0 Å². The normalized spacial score (nSPS) is 14.1. The molecule has 28 heavy (non-hydrogen) atoms. The van der Waals surface area contributed by atoms with E-state index in [0.29, 0.717) is 17.8 Å². The van der Waals surface area contributed by atoms with Crippen LogP contribution in [0.1, 0.15) is 5.56 Å². The highest BCUT2D eigenvalue weighted by molar-refractivity contribution is 5.68. The minimum atomic E-state index is 0.197. The van der Waals surface area contributed by atoms with E-state index in [2.05, 4.69) is 15.0 Å². The molecule has 1 fully saturated rings. The van der Waals surface area contributed by atoms with E-state index in [1.807, 2.05) is 47.3 Å². The van der Waals surface area contributed by atoms with Gasteiger partial charge in [0.05, 0.1) is 17.9 Å². The van der Waals surface area contributed by atoms with Gasteiger partial charge < -0.3 is 13.9 Å². The van der Waals surface area contributed by atoms with Gasteiger partial charge in [0.25, 0.3) is 0 Å². The van der Waals surface area contributed by atoms with Gasteiger partial charge in [0.15, 0.2) is 17.2 Å². The lowest BCUT2D eigenvalue weighted by molar-refractivity contribution is 0.109. The molecule has 1 aliphatic carbocycles. The van der Waals surface area contributed by atoms with Crippen molar-refractivity contribution in [2.24, 2.45) is 0 Å². The van der Waals surface area contributed by atoms with E-state index in [9.17, 15) is 0 Å². The number of rotatable bonds is 0. The number of nitrogens with zero attached hydrogens (tertiary/aromatic N) is 4. The summed E-state index contributed by atoms with van der Waals surface area (Å²) in [5, 5.41) is 1.68. The lowest BCUT2D eigenvalue weighted by atomic mass is 10.1. The molecule has 138 valence electrons. The first-order chi connectivity index (χ1) is 13.9. The van der Waals surface area contributed by atoms with Crippen LogP contribution in [0.4, 0.5) is 0 Å². The maximum atomic E-state index is 5.79. The molecule has 2 bridgehead atoms. The minimum Gasteiger partial charge on any atom is -0.473 e. The van der Waals surface area contributed by atoms with Crippen molar-refractivity contribution < 1.29 is 13.9 Å². The van der Waals surface area contributed by atoms with E-state index >= 15 is 0 Å². The van der Waals surface area contributed by atoms with E-state index in [-0.39, 0.29) is 6.79 Å². The molecule has 7 nitrogen and oxygen atoms in total. The topological polar surface area (TPSA) is 75.2 Å². The van der Waals surface area contributed by atoms with Crippen LogP contribution in [0.5, 0.6) is 0 Å². The molecule has 3 aliphatic heterocycles. The molecule has 5 rings (SSSR count). The molecule has 0 N–H and O–H groups in total. The van der Waals surface area contributed by atoms with Crippen LogP contribution in [-0.4, -0.2) is 26.3 Å². The largest absolute Gasteiger partial charge is 0.473 e. The maximum absolute atomic E-state index is 5.79. The van der Waals surface area contributed by atoms with Crippen LogP contribution in [0.3, 0.4) is 0 Å². The third-order valence-corrected chi connectivity index (χ3v) is 4.43. The Kier molecular flexibility index (Phi) is 4.10. The van der Waals surface area contributed by atoms with Crippen LogP contribution in [0, 0.1) is 0 Å². The van der Waals surface area contributed by atoms with Crippen molar-refractivity contribution in [3.8, 4) is 5.82 Å². The summed E-state index contributed by atoms with van der Waals surface area (Å²) in [6.07, 6.45) is 13.1. The third-order valence-electron chi connectivity index (χ3n) is 4.43. The van der Waals surface area contributed by atoms with Crippen molar-refractivity contribution in [2.45, 2.75) is 6.42 Å². The maximum Gasteiger partial charge on any atom is 0.231 e. The zero-order chi connectivity index (χ0) is 18.8. The summed E-state index contributed by atoms with van der Waals surface area (Å²) < 4.78 is 18.8. The van der Waals surface area contributed by atoms with Gasteiger partial charge in [-0.25, -0.2) is 9.97 Å². The summed E-state index contributed by atoms with van der Waals surface area (Å²) in [6, 6.07) is 9.15. The first-order valence-corrected chi connectivity index (χ1v) is 8.81. The van der Waals surface area contributed by atoms with Gasteiger partial charge in [-0.2, -0.15) is 0 Å². The molecule has 0 spiro atoms. The zero-order valence-corrected chi connectivity index (χ0v) is 14.9. The van der Waals surface area contributed by atoms with Crippen molar-refractivity contribution in [3.63, 3.8) is 0 Å². The highest BCUT2D eigenvalue weighted by Crippen LogP contribution is 2.25. The predicted molar refractivity (Wildman–Crippen MR) is 102 cm³/mol. The molecule has 1 aromatic heterocycles. The van der Waals surface area contributed by atoms with Crippen LogP contribution < -0.4 is 5.35 Å². The van der Waals surface area contributed by atoms with E-state index in [0.717, 1.165) is 27.9 Å². The molecule has 1 saturated heterocycles. The highest BCUT2D eigenvalue weighted by atomic mass is 16.7. The van der Waals surface area contributed by atoms with E-state index < -0.39 is 0 Å². The Morgan fingerprint density at radius 2 is 2.00 bits per heavy atom. The molecule has 7 heteroatoms. The summed E-state index contributed by atoms with van der Waals surface area (Å²) in [4.78, 5) is 13.4. The van der Waals surface area contributed by atoms with E-state index in [4.69, 9.17) is 13.9 Å². The molecule has 0 radical (unpaired) electrons. The Balaban J connectivity index is 1.94. The smallest absolute Gasteiger partial charge is 0.231 e. The first kappa shape index (κ1) is 16.3. The van der Waals surface area contributed by atoms with Crippen molar-refractivity contribution in [3.05, 3.63) is 90.4 Å². The highest BCUT2D eigenvalue weighted by Gasteiger charge is 2.24. The number of allylic oxidation sites excluding steroid dienone is 1. The molecule has 1 aromatic rings. The van der Waals surface area contributed by atoms with Crippen LogP contribution in [0.25, 0.3) is 22.6 Å². The monoisotopic (exact) mass is 372 g/mol. The van der Waals surface area contributed by atoms with Gasteiger partial charge in [-0.3, -0.25) is 9.55 Å². The van der Waals surface area contributed by atoms with Gasteiger partial charge in [0.1, 0.15) is 5.82 Å². The van der Waals surface area contributed by atoms with Gasteiger partial charge >= 0.3 is 0 Å². The van der Waals surface area contributed by atoms with E-state index in [1.54, 1.807) is 31.0 Å². The predicted octanol–water partition coefficient (Wildman–Crippen LogP) is 2.93. The summed E-state index contributed by atoms with van der Waals surface area (Å²) in [5.41, 5.74) is 1.65. The molecule has 0 amide bonds. The second-order valence-corrected chi connectivity index (χ2v) is 6.15. The van der Waals surface area contributed by atoms with E-state index in [1.165, 1.54) is 0 Å². The first-order valence-electron chi connectivity index (χ1n) is 8.81. The quantitative estimate of drug-likeness (QED) is 0.604. The average Bonchev–Trinajstić information content (AvgIpc) is 3.19. The van der Waals surface area contributed by atoms with Crippen LogP contribution in [0.15, 0.2) is 83.9 Å². The lowest BCUT2D eigenvalue weighted by Crippen LogP contribution is -2.28. The molecule has 0 unspecified atom stereocenters. The molecular weight excluding hydrogens is 356 g/mol. The Hall–Kier alpha value is -3.87.